The van der Waals surface area contributed by atoms with E-state index in [1.54, 1.807) is 13.8 Å². The molecule has 2 atom stereocenters. The Bertz CT molecular complexity index is 481. The van der Waals surface area contributed by atoms with Crippen molar-refractivity contribution in [3.63, 3.8) is 0 Å². The molecule has 0 saturated carbocycles. The van der Waals surface area contributed by atoms with Crippen molar-refractivity contribution in [1.29, 1.82) is 0 Å². The van der Waals surface area contributed by atoms with Crippen molar-refractivity contribution in [3.05, 3.63) is 34.4 Å². The van der Waals surface area contributed by atoms with Crippen LogP contribution in [0.3, 0.4) is 0 Å². The first-order valence-electron chi connectivity index (χ1n) is 6.29. The third kappa shape index (κ3) is 6.18. The molecule has 1 rings (SSSR count). The molecule has 0 radical (unpaired) electrons. The molecule has 0 aliphatic rings. The third-order valence-corrected chi connectivity index (χ3v) is 2.73. The number of non-ortho nitro benzene ring substituents is 1. The zero-order valence-electron chi connectivity index (χ0n) is 11.7. The molecule has 116 valence electrons. The molecule has 0 aromatic heterocycles. The summed E-state index contributed by atoms with van der Waals surface area (Å²) in [5, 5.41) is 10.1. The lowest BCUT2D eigenvalue weighted by molar-refractivity contribution is -0.384. The van der Waals surface area contributed by atoms with Crippen LogP contribution in [0.15, 0.2) is 24.3 Å². The van der Waals surface area contributed by atoms with Crippen molar-refractivity contribution >= 4 is 35.0 Å². The number of benzene rings is 1. The first kappa shape index (κ1) is 17.5. The monoisotopic (exact) mass is 334 g/mol. The molecule has 0 aliphatic heterocycles. The number of carbonyl (C=O) groups is 1. The topological polar surface area (TPSA) is 72.7 Å². The first-order chi connectivity index (χ1) is 9.79. The lowest BCUT2D eigenvalue weighted by atomic mass is 10.3. The summed E-state index contributed by atoms with van der Waals surface area (Å²) < 4.78 is 5.16. The lowest BCUT2D eigenvalue weighted by Gasteiger charge is -2.24. The van der Waals surface area contributed by atoms with Crippen LogP contribution in [0, 0.1) is 10.1 Å². The van der Waals surface area contributed by atoms with Gasteiger partial charge in [-0.2, -0.15) is 0 Å². The number of amides is 1. The maximum atomic E-state index is 12.1. The van der Waals surface area contributed by atoms with E-state index in [1.807, 2.05) is 0 Å². The molecule has 0 heterocycles. The molecule has 1 aromatic rings. The quantitative estimate of drug-likeness (QED) is 0.452. The van der Waals surface area contributed by atoms with Gasteiger partial charge in [0.2, 0.25) is 0 Å². The minimum Gasteiger partial charge on any atom is -0.410 e. The SMILES string of the molecule is C[C@@H](Cl)CN(C[C@@H](C)Cl)C(=O)Oc1ccc([N+](=O)[O-])cc1. The molecule has 0 unspecified atom stereocenters. The summed E-state index contributed by atoms with van der Waals surface area (Å²) >= 11 is 11.8. The van der Waals surface area contributed by atoms with Gasteiger partial charge in [-0.15, -0.1) is 23.2 Å². The van der Waals surface area contributed by atoms with Crippen molar-refractivity contribution in [3.8, 4) is 5.75 Å². The summed E-state index contributed by atoms with van der Waals surface area (Å²) in [6.07, 6.45) is -0.594. The van der Waals surface area contributed by atoms with Crippen LogP contribution < -0.4 is 4.74 Å². The highest BCUT2D eigenvalue weighted by Gasteiger charge is 2.20. The second kappa shape index (κ2) is 8.05. The summed E-state index contributed by atoms with van der Waals surface area (Å²) in [7, 11) is 0. The Morgan fingerprint density at radius 2 is 1.71 bits per heavy atom. The van der Waals surface area contributed by atoms with Gasteiger partial charge in [0.25, 0.3) is 5.69 Å². The molecule has 0 fully saturated rings. The maximum absolute atomic E-state index is 12.1. The molecule has 1 aromatic carbocycles. The molecule has 21 heavy (non-hydrogen) atoms. The van der Waals surface area contributed by atoms with E-state index in [4.69, 9.17) is 27.9 Å². The molecule has 0 N–H and O–H groups in total. The van der Waals surface area contributed by atoms with Crippen molar-refractivity contribution in [2.75, 3.05) is 13.1 Å². The highest BCUT2D eigenvalue weighted by Crippen LogP contribution is 2.18. The molecule has 0 saturated heterocycles. The first-order valence-corrected chi connectivity index (χ1v) is 7.16. The fourth-order valence-corrected chi connectivity index (χ4v) is 1.97. The summed E-state index contributed by atoms with van der Waals surface area (Å²) in [6.45, 7) is 4.11. The minimum absolute atomic E-state index is 0.0737. The molecule has 0 bridgehead atoms. The Labute approximate surface area is 132 Å². The van der Waals surface area contributed by atoms with E-state index in [1.165, 1.54) is 29.2 Å². The summed E-state index contributed by atoms with van der Waals surface area (Å²) in [4.78, 5) is 23.5. The standard InChI is InChI=1S/C13H16Cl2N2O4/c1-9(14)7-16(8-10(2)15)13(18)21-12-5-3-11(4-6-12)17(19)20/h3-6,9-10H,7-8H2,1-2H3/t9-,10-/m1/s1. The van der Waals surface area contributed by atoms with Gasteiger partial charge in [0.15, 0.2) is 0 Å². The van der Waals surface area contributed by atoms with Crippen LogP contribution >= 0.6 is 23.2 Å². The number of ether oxygens (including phenoxy) is 1. The Hall–Kier alpha value is -1.53. The Morgan fingerprint density at radius 1 is 1.24 bits per heavy atom. The van der Waals surface area contributed by atoms with Crippen molar-refractivity contribution < 1.29 is 14.5 Å². The highest BCUT2D eigenvalue weighted by molar-refractivity contribution is 6.21. The number of nitrogens with zero attached hydrogens (tertiary/aromatic N) is 2. The van der Waals surface area contributed by atoms with Gasteiger partial charge in [-0.05, 0) is 26.0 Å². The number of hydrogen-bond acceptors (Lipinski definition) is 4. The Morgan fingerprint density at radius 3 is 2.10 bits per heavy atom. The van der Waals surface area contributed by atoms with Crippen LogP contribution in [0.1, 0.15) is 13.8 Å². The fourth-order valence-electron chi connectivity index (χ4n) is 1.63. The zero-order valence-corrected chi connectivity index (χ0v) is 13.2. The van der Waals surface area contributed by atoms with Gasteiger partial charge in [-0.25, -0.2) is 4.79 Å². The second-order valence-electron chi connectivity index (χ2n) is 4.59. The maximum Gasteiger partial charge on any atom is 0.415 e. The second-order valence-corrected chi connectivity index (χ2v) is 6.08. The number of hydrogen-bond donors (Lipinski definition) is 0. The molecular weight excluding hydrogens is 319 g/mol. The van der Waals surface area contributed by atoms with Crippen LogP contribution in [-0.2, 0) is 0 Å². The Kier molecular flexibility index (Phi) is 6.71. The van der Waals surface area contributed by atoms with Gasteiger partial charge in [-0.3, -0.25) is 10.1 Å². The number of nitro groups is 1. The van der Waals surface area contributed by atoms with E-state index in [-0.39, 0.29) is 22.2 Å². The average molecular weight is 335 g/mol. The molecule has 1 amide bonds. The average Bonchev–Trinajstić information content (AvgIpc) is 2.37. The smallest absolute Gasteiger partial charge is 0.410 e. The van der Waals surface area contributed by atoms with E-state index in [0.717, 1.165) is 0 Å². The predicted octanol–water partition coefficient (Wildman–Crippen LogP) is 3.65. The molecule has 0 spiro atoms. The van der Waals surface area contributed by atoms with Crippen LogP contribution in [0.4, 0.5) is 10.5 Å². The van der Waals surface area contributed by atoms with Gasteiger partial charge < -0.3 is 9.64 Å². The number of rotatable bonds is 6. The fraction of sp³-hybridized carbons (Fsp3) is 0.462. The number of alkyl halides is 2. The molecular formula is C13H16Cl2N2O4. The number of nitro benzene ring substituents is 1. The summed E-state index contributed by atoms with van der Waals surface area (Å²) in [6, 6.07) is 5.26. The minimum atomic E-state index is -0.594. The van der Waals surface area contributed by atoms with Gasteiger partial charge in [0.05, 0.1) is 4.92 Å². The van der Waals surface area contributed by atoms with E-state index in [2.05, 4.69) is 0 Å². The zero-order chi connectivity index (χ0) is 16.0. The van der Waals surface area contributed by atoms with E-state index in [0.29, 0.717) is 13.1 Å². The molecule has 0 aliphatic carbocycles. The molecule has 6 nitrogen and oxygen atoms in total. The van der Waals surface area contributed by atoms with Gasteiger partial charge in [0, 0.05) is 36.0 Å². The largest absolute Gasteiger partial charge is 0.415 e. The number of halogens is 2. The Balaban J connectivity index is 2.73. The third-order valence-electron chi connectivity index (χ3n) is 2.45. The van der Waals surface area contributed by atoms with Crippen LogP contribution in [0.5, 0.6) is 5.75 Å². The van der Waals surface area contributed by atoms with Crippen LogP contribution in [0.25, 0.3) is 0 Å². The normalized spacial score (nSPS) is 13.3. The summed E-state index contributed by atoms with van der Waals surface area (Å²) in [5.74, 6) is 0.222. The predicted molar refractivity (Wildman–Crippen MR) is 81.3 cm³/mol. The number of carbonyl (C=O) groups excluding carboxylic acids is 1. The van der Waals surface area contributed by atoms with Gasteiger partial charge in [0.1, 0.15) is 5.75 Å². The van der Waals surface area contributed by atoms with Gasteiger partial charge in [-0.1, -0.05) is 0 Å². The van der Waals surface area contributed by atoms with Crippen LogP contribution in [0.2, 0.25) is 0 Å². The van der Waals surface area contributed by atoms with Crippen molar-refractivity contribution in [2.24, 2.45) is 0 Å². The van der Waals surface area contributed by atoms with Gasteiger partial charge >= 0.3 is 6.09 Å². The van der Waals surface area contributed by atoms with Crippen molar-refractivity contribution in [1.82, 2.24) is 4.90 Å². The molecule has 8 heteroatoms. The van der Waals surface area contributed by atoms with E-state index < -0.39 is 11.0 Å². The van der Waals surface area contributed by atoms with E-state index in [9.17, 15) is 14.9 Å². The van der Waals surface area contributed by atoms with Crippen LogP contribution in [-0.4, -0.2) is 39.8 Å². The van der Waals surface area contributed by atoms with Crippen molar-refractivity contribution in [2.45, 2.75) is 24.6 Å². The van der Waals surface area contributed by atoms with E-state index >= 15 is 0 Å². The summed E-state index contributed by atoms with van der Waals surface area (Å²) in [5.41, 5.74) is -0.0737. The lowest BCUT2D eigenvalue weighted by Crippen LogP contribution is -2.40. The highest BCUT2D eigenvalue weighted by atomic mass is 35.5.